The van der Waals surface area contributed by atoms with Crippen LogP contribution in [0, 0.1) is 39.9 Å². The van der Waals surface area contributed by atoms with Gasteiger partial charge in [-0.15, -0.1) is 0 Å². The molecule has 0 bridgehead atoms. The average Bonchev–Trinajstić information content (AvgIpc) is 0.841. The predicted molar refractivity (Wildman–Crippen MR) is 466 cm³/mol. The van der Waals surface area contributed by atoms with Gasteiger partial charge in [0.2, 0.25) is 88.6 Å². The number of ketones is 2. The summed E-state index contributed by atoms with van der Waals surface area (Å²) in [5.41, 5.74) is 22.7. The normalized spacial score (nSPS) is 24.2. The highest BCUT2D eigenvalue weighted by Gasteiger charge is 2.38. The number of nitrogens with two attached hydrogens (primary N) is 3. The van der Waals surface area contributed by atoms with Crippen LogP contribution in [0.5, 0.6) is 0 Å². The molecule has 49 heteroatoms. The van der Waals surface area contributed by atoms with Gasteiger partial charge >= 0.3 is 5.97 Å². The molecule has 0 unspecified atom stereocenters. The van der Waals surface area contributed by atoms with E-state index < -0.39 is 273 Å². The van der Waals surface area contributed by atoms with E-state index in [4.69, 9.17) is 33.4 Å². The number of hydrogen-bond donors (Lipinski definition) is 31. The van der Waals surface area contributed by atoms with Crippen LogP contribution in [-0.2, 0) is 92.7 Å². The van der Waals surface area contributed by atoms with E-state index in [-0.39, 0.29) is 114 Å². The standard InChI is InChI=1S/C77H130N26O21S2/c1-9-42(8)63-74(124)90-34-60(110)93-53(36-105)73(123)98-49(28-41(6)7)71(121)100-52(35-104)66(116)89-32-59(109)92-47(26-39(2)3)64(114)87-33-61(111)94-54(37-125)56(106)21-22-57(107)55(38-126)103-102-51(29-43-16-11-10-12-17-43)65(115)88-31-58(108)91-44(18-13-23-84-75(78)79)67(117)95-45(19-14-24-85-76(80)81)68(118)97-48(27-40(4)5)70(120)99-50(30-62(112)113)72(122)96-46(69(119)101-63)20-15-25-86-77(82)83/h10-12,16-17,39-42,44-55,63,102-105,125-126H,9,13-15,18-38H2,1-8H3,(H,87,114)(H,88,115)(H,89,116)(H,90,124)(H,91,108)(H,92,109)(H,93,110)(H,94,111)(H,95,117)(H,96,122)(H,97,118)(H,98,123)(H,99,120)(H,100,121)(H,101,119)(H,112,113)(H4,78,79,84)(H4,80,81,85)(H4,82,83,86)/t42-,44-,45-,46-,47-,48-,49-,50-,51-,52-,53-,54-,55-,63-/m0/s1. The first-order valence-corrected chi connectivity index (χ1v) is 42.6. The number of Topliss-reactive ketones (excluding diaryl/α,β-unsaturated/α-hetero) is 2. The van der Waals surface area contributed by atoms with E-state index in [9.17, 15) is 102 Å². The number of hydrazine groups is 1. The monoisotopic (exact) mass is 1820 g/mol. The molecule has 706 valence electrons. The van der Waals surface area contributed by atoms with Crippen LogP contribution >= 0.6 is 25.3 Å². The van der Waals surface area contributed by atoms with E-state index in [0.29, 0.717) is 5.56 Å². The van der Waals surface area contributed by atoms with Gasteiger partial charge in [-0.1, -0.05) is 92.1 Å². The molecule has 14 atom stereocenters. The average molecular weight is 1820 g/mol. The Bertz CT molecular complexity index is 3870. The Balaban J connectivity index is 2.82. The van der Waals surface area contributed by atoms with E-state index in [1.165, 1.54) is 6.92 Å². The molecule has 1 aromatic rings. The predicted octanol–water partition coefficient (Wildman–Crippen LogP) is -8.92. The Morgan fingerprint density at radius 1 is 0.405 bits per heavy atom. The van der Waals surface area contributed by atoms with Gasteiger partial charge in [-0.3, -0.25) is 103 Å². The molecular weight excluding hydrogens is 1690 g/mol. The van der Waals surface area contributed by atoms with Crippen LogP contribution in [0.4, 0.5) is 0 Å². The molecule has 32 N–H and O–H groups in total. The zero-order chi connectivity index (χ0) is 94.9. The molecule has 0 spiro atoms. The van der Waals surface area contributed by atoms with Gasteiger partial charge in [0.1, 0.15) is 66.5 Å². The zero-order valence-electron chi connectivity index (χ0n) is 72.2. The van der Waals surface area contributed by atoms with Crippen molar-refractivity contribution in [2.75, 3.05) is 70.5 Å². The maximum absolute atomic E-state index is 14.7. The lowest BCUT2D eigenvalue weighted by molar-refractivity contribution is -0.142. The number of carboxylic acids is 1. The summed E-state index contributed by atoms with van der Waals surface area (Å²) >= 11 is 8.55. The van der Waals surface area contributed by atoms with Gasteiger partial charge in [-0.2, -0.15) is 25.3 Å². The number of aliphatic hydroxyl groups excluding tert-OH is 2. The molecule has 0 aromatic heterocycles. The zero-order valence-corrected chi connectivity index (χ0v) is 74.0. The largest absolute Gasteiger partial charge is 0.481 e. The maximum atomic E-state index is 14.7. The number of aliphatic carboxylic acids is 1. The van der Waals surface area contributed by atoms with Crippen molar-refractivity contribution < 1.29 is 102 Å². The molecule has 1 aliphatic rings. The molecule has 47 nitrogen and oxygen atoms in total. The smallest absolute Gasteiger partial charge is 0.305 e. The summed E-state index contributed by atoms with van der Waals surface area (Å²) < 4.78 is 0. The first-order chi connectivity index (χ1) is 59.4. The highest BCUT2D eigenvalue weighted by atomic mass is 32.1. The van der Waals surface area contributed by atoms with E-state index in [0.717, 1.165) is 0 Å². The number of carbonyl (C=O) groups excluding carboxylic acids is 17. The van der Waals surface area contributed by atoms with E-state index in [1.807, 2.05) is 0 Å². The van der Waals surface area contributed by atoms with Gasteiger partial charge < -0.3 is 128 Å². The fourth-order valence-electron chi connectivity index (χ4n) is 12.3. The number of aliphatic hydroxyl groups is 2. The van der Waals surface area contributed by atoms with Gasteiger partial charge in [0.25, 0.3) is 0 Å². The second-order valence-corrected chi connectivity index (χ2v) is 32.0. The van der Waals surface area contributed by atoms with E-state index in [2.05, 4.69) is 132 Å². The second-order valence-electron chi connectivity index (χ2n) is 31.3. The summed E-state index contributed by atoms with van der Waals surface area (Å²) in [6, 6.07) is -11.6. The summed E-state index contributed by atoms with van der Waals surface area (Å²) in [5.74, 6) is -21.9. The molecule has 1 saturated heterocycles. The van der Waals surface area contributed by atoms with Crippen LogP contribution in [0.25, 0.3) is 0 Å². The molecular formula is C77H130N26O21S2. The number of carbonyl (C=O) groups is 18. The quantitative estimate of drug-likeness (QED) is 0.0160. The molecule has 15 amide bonds. The van der Waals surface area contributed by atoms with Crippen LogP contribution in [0.15, 0.2) is 30.3 Å². The third kappa shape index (κ3) is 44.3. The Hall–Kier alpha value is -11.6. The highest BCUT2D eigenvalue weighted by molar-refractivity contribution is 7.80. The molecule has 2 rings (SSSR count). The van der Waals surface area contributed by atoms with Gasteiger partial charge in [0, 0.05) is 44.0 Å². The van der Waals surface area contributed by atoms with Crippen molar-refractivity contribution in [1.82, 2.24) is 107 Å². The van der Waals surface area contributed by atoms with Crippen LogP contribution in [0.3, 0.4) is 0 Å². The molecule has 1 aromatic carbocycles. The lowest BCUT2D eigenvalue weighted by Crippen LogP contribution is -2.61. The van der Waals surface area contributed by atoms with Crippen LogP contribution in [0.1, 0.15) is 144 Å². The van der Waals surface area contributed by atoms with Crippen molar-refractivity contribution in [3.63, 3.8) is 0 Å². The molecule has 0 saturated carbocycles. The van der Waals surface area contributed by atoms with Crippen molar-refractivity contribution in [3.05, 3.63) is 35.9 Å². The number of carboxylic acid groups (broad SMARTS) is 1. The second kappa shape index (κ2) is 59.4. The number of guanidine groups is 3. The number of amides is 15. The topological polar surface area (TPSA) is 758 Å². The number of hydrogen-bond acceptors (Lipinski definition) is 27. The Morgan fingerprint density at radius 3 is 1.10 bits per heavy atom. The SMILES string of the molecule is CC[C@H](C)[C@@H]1NC(=O)[C@H](CCCNC(=N)N)NC(=O)[C@H](CC(=O)O)NC(=O)[C@H](CC(C)C)NC(=O)[C@H](CCCNC(=N)N)NC(=O)[C@H](CCCNC(=N)N)NC(=O)CNC(=O)[C@H](Cc2ccccc2)NN[C@@H](CS)C(=O)CCC(=O)[C@H](CS)NC(=O)CNC(=O)[C@H](CC(C)C)NC(=O)CNC(=O)[C@H](CO)NC(=O)[C@H](CC(C)C)NC(=O)[C@H](CO)NC(=O)CNC1=O. The Morgan fingerprint density at radius 2 is 0.706 bits per heavy atom. The summed E-state index contributed by atoms with van der Waals surface area (Å²) in [6.07, 6.45) is -2.99. The highest BCUT2D eigenvalue weighted by Crippen LogP contribution is 2.15. The first-order valence-electron chi connectivity index (χ1n) is 41.4. The van der Waals surface area contributed by atoms with Gasteiger partial charge in [0.15, 0.2) is 29.4 Å². The summed E-state index contributed by atoms with van der Waals surface area (Å²) in [5, 5.41) is 97.8. The molecule has 126 heavy (non-hydrogen) atoms. The van der Waals surface area contributed by atoms with Crippen molar-refractivity contribution >= 4 is 149 Å². The minimum Gasteiger partial charge on any atom is -0.481 e. The maximum Gasteiger partial charge on any atom is 0.305 e. The minimum atomic E-state index is -2.02. The molecule has 0 radical (unpaired) electrons. The Kier molecular flexibility index (Phi) is 52.0. The Labute approximate surface area is 741 Å². The lowest BCUT2D eigenvalue weighted by Gasteiger charge is -2.29. The van der Waals surface area contributed by atoms with Gasteiger partial charge in [-0.25, -0.2) is 10.9 Å². The van der Waals surface area contributed by atoms with Crippen LogP contribution in [0.2, 0.25) is 0 Å². The number of nitrogens with one attached hydrogen (secondary N) is 23. The van der Waals surface area contributed by atoms with Crippen molar-refractivity contribution in [1.29, 1.82) is 16.2 Å². The fourth-order valence-corrected chi connectivity index (χ4v) is 12.9. The minimum absolute atomic E-state index is 0.00136. The molecule has 1 aliphatic heterocycles. The lowest BCUT2D eigenvalue weighted by atomic mass is 9.97. The first kappa shape index (κ1) is 110. The third-order valence-corrected chi connectivity index (χ3v) is 19.9. The number of benzene rings is 1. The molecule has 0 aliphatic carbocycles. The van der Waals surface area contributed by atoms with E-state index in [1.54, 1.807) is 78.8 Å². The summed E-state index contributed by atoms with van der Waals surface area (Å²) in [7, 11) is 0. The van der Waals surface area contributed by atoms with Gasteiger partial charge in [0.05, 0.1) is 57.9 Å². The van der Waals surface area contributed by atoms with Gasteiger partial charge in [-0.05, 0) is 93.4 Å². The molecule has 1 fully saturated rings. The van der Waals surface area contributed by atoms with E-state index >= 15 is 0 Å². The van der Waals surface area contributed by atoms with Crippen molar-refractivity contribution in [2.24, 2.45) is 40.9 Å². The van der Waals surface area contributed by atoms with Crippen molar-refractivity contribution in [2.45, 2.75) is 224 Å². The van der Waals surface area contributed by atoms with Crippen LogP contribution in [-0.4, -0.2) is 288 Å². The summed E-state index contributed by atoms with van der Waals surface area (Å²) in [6.45, 7) is 7.71. The summed E-state index contributed by atoms with van der Waals surface area (Å²) in [4.78, 5) is 250. The third-order valence-electron chi connectivity index (χ3n) is 19.2. The van der Waals surface area contributed by atoms with Crippen LogP contribution < -0.4 is 124 Å². The molecule has 1 heterocycles. The number of thiol groups is 2. The van der Waals surface area contributed by atoms with Crippen molar-refractivity contribution in [3.8, 4) is 0 Å². The number of rotatable bonds is 28. The fraction of sp³-hybridized carbons (Fsp3) is 0.649.